The van der Waals surface area contributed by atoms with Crippen molar-refractivity contribution in [1.29, 1.82) is 5.41 Å². The SMILES string of the molecule is CC(=N)N.CCOC(=O)C(=O)OCC.CCOC(=O)c1nc(C)[nH]c(=O)c1OCc1ccccc1.CCOC(=O)c1nc(C)n(C)c(=O)c1OCc1ccccc1.Cc1nc(C(=O)O)c(OCc2ccccc2)c(=O)n1C.O=C(COCc1ccccc1)OCc1ccccc1. The standard InChI is InChI=1S/C16H18N2O4.C16H16O3.C15H16N2O4.C14H14N2O4.C6H10O4.C2H6N2/c1-4-21-16(20)13-14(15(19)18(3)11(2)17-13)22-10-12-8-6-5-7-9-12;17-16(19-12-15-9-5-2-6-10-15)13-18-11-14-7-3-1-4-8-14;1-3-20-15(19)12-13(14(18)17-10(2)16-12)21-9-11-7-5-4-6-8-11;1-9-15-11(14(18)19)12(13(17)16(9)2)20-8-10-6-4-3-5-7-10;1-3-9-5(7)6(8)10-4-2;1-2(3)4/h5-9H,4,10H2,1-3H3;1-10H,11-13H2;4-8H,3,9H2,1-2H3,(H,16,17,18);3-7H,8H2,1-2H3,(H,18,19);3-4H2,1-2H3;1H3,(H3,3,4). The number of nitrogens with one attached hydrogen (secondary N) is 2. The number of nitrogens with zero attached hydrogens (tertiary/aromatic N) is 5. The summed E-state index contributed by atoms with van der Waals surface area (Å²) in [5.41, 5.74) is 7.35. The van der Waals surface area contributed by atoms with Crippen LogP contribution < -0.4 is 36.6 Å². The van der Waals surface area contributed by atoms with E-state index in [2.05, 4.69) is 29.4 Å². The Hall–Kier alpha value is -11.6. The summed E-state index contributed by atoms with van der Waals surface area (Å²) in [4.78, 5) is 118. The molecule has 0 fully saturated rings. The summed E-state index contributed by atoms with van der Waals surface area (Å²) in [6.45, 7) is 14.9. The molecule has 8 rings (SSSR count). The number of carbonyl (C=O) groups is 6. The van der Waals surface area contributed by atoms with Crippen LogP contribution in [0.4, 0.5) is 0 Å². The van der Waals surface area contributed by atoms with Crippen LogP contribution in [0.1, 0.15) is 111 Å². The van der Waals surface area contributed by atoms with E-state index in [0.717, 1.165) is 27.8 Å². The number of ether oxygens (including phenoxy) is 9. The van der Waals surface area contributed by atoms with Crippen molar-refractivity contribution in [2.24, 2.45) is 19.8 Å². The lowest BCUT2D eigenvalue weighted by atomic mass is 10.2. The van der Waals surface area contributed by atoms with Gasteiger partial charge in [0.05, 0.1) is 38.9 Å². The van der Waals surface area contributed by atoms with Crippen LogP contribution in [-0.4, -0.2) is 109 Å². The van der Waals surface area contributed by atoms with Crippen molar-refractivity contribution in [2.45, 2.75) is 88.4 Å². The first-order valence-electron chi connectivity index (χ1n) is 29.8. The number of hydrogen-bond donors (Lipinski definition) is 4. The maximum absolute atomic E-state index is 12.3. The third-order valence-corrected chi connectivity index (χ3v) is 12.1. The molecule has 0 aliphatic heterocycles. The van der Waals surface area contributed by atoms with Crippen molar-refractivity contribution < 1.29 is 76.5 Å². The molecule has 0 atom stereocenters. The number of carbonyl (C=O) groups excluding carboxylic acids is 5. The average molecular weight is 1330 g/mol. The van der Waals surface area contributed by atoms with E-state index < -0.39 is 46.5 Å². The fraction of sp³-hybridized carbons (Fsp3) is 0.290. The molecule has 3 aromatic heterocycles. The van der Waals surface area contributed by atoms with Crippen LogP contribution in [0, 0.1) is 26.2 Å². The first-order valence-corrected chi connectivity index (χ1v) is 29.8. The number of esters is 5. The van der Waals surface area contributed by atoms with E-state index in [1.54, 1.807) is 55.5 Å². The predicted molar refractivity (Wildman–Crippen MR) is 352 cm³/mol. The number of aromatic amines is 1. The van der Waals surface area contributed by atoms with E-state index in [0.29, 0.717) is 24.1 Å². The Morgan fingerprint density at radius 3 is 1.14 bits per heavy atom. The second-order valence-corrected chi connectivity index (χ2v) is 19.5. The van der Waals surface area contributed by atoms with Gasteiger partial charge >= 0.3 is 35.8 Å². The Kier molecular flexibility index (Phi) is 35.4. The van der Waals surface area contributed by atoms with Gasteiger partial charge in [-0.1, -0.05) is 152 Å². The normalized spacial score (nSPS) is 9.90. The number of carboxylic acids is 1. The van der Waals surface area contributed by atoms with Gasteiger partial charge in [-0.15, -0.1) is 0 Å². The molecule has 0 bridgehead atoms. The first kappa shape index (κ1) is 78.6. The highest BCUT2D eigenvalue weighted by Crippen LogP contribution is 2.18. The predicted octanol–water partition coefficient (Wildman–Crippen LogP) is 8.05. The van der Waals surface area contributed by atoms with E-state index in [9.17, 15) is 43.2 Å². The zero-order valence-corrected chi connectivity index (χ0v) is 55.1. The molecular formula is C69H80N8O19. The van der Waals surface area contributed by atoms with Gasteiger partial charge in [0.25, 0.3) is 16.7 Å². The number of nitrogens with two attached hydrogens (primary N) is 1. The van der Waals surface area contributed by atoms with Gasteiger partial charge in [-0.2, -0.15) is 0 Å². The van der Waals surface area contributed by atoms with Gasteiger partial charge in [0.1, 0.15) is 50.5 Å². The minimum absolute atomic E-state index is 0.0261. The third-order valence-electron chi connectivity index (χ3n) is 12.1. The Morgan fingerprint density at radius 2 is 0.781 bits per heavy atom. The molecule has 0 saturated carbocycles. The van der Waals surface area contributed by atoms with Gasteiger partial charge in [-0.05, 0) is 83.2 Å². The highest BCUT2D eigenvalue weighted by Gasteiger charge is 2.24. The monoisotopic (exact) mass is 1320 g/mol. The van der Waals surface area contributed by atoms with E-state index in [-0.39, 0.29) is 106 Å². The number of rotatable bonds is 22. The topological polar surface area (TPSA) is 371 Å². The second kappa shape index (κ2) is 43.3. The molecule has 27 heteroatoms. The summed E-state index contributed by atoms with van der Waals surface area (Å²) >= 11 is 0. The summed E-state index contributed by atoms with van der Waals surface area (Å²) in [5, 5.41) is 15.4. The van der Waals surface area contributed by atoms with Crippen molar-refractivity contribution >= 4 is 41.7 Å². The fourth-order valence-corrected chi connectivity index (χ4v) is 7.34. The summed E-state index contributed by atoms with van der Waals surface area (Å²) in [6, 6.07) is 47.2. The Bertz CT molecular complexity index is 3930. The smallest absolute Gasteiger partial charge is 0.417 e. The molecule has 0 radical (unpaired) electrons. The van der Waals surface area contributed by atoms with E-state index in [1.165, 1.54) is 23.1 Å². The van der Waals surface area contributed by atoms with Crippen LogP contribution in [0.2, 0.25) is 0 Å². The van der Waals surface area contributed by atoms with E-state index in [4.69, 9.17) is 49.4 Å². The molecule has 0 amide bonds. The van der Waals surface area contributed by atoms with E-state index >= 15 is 0 Å². The lowest BCUT2D eigenvalue weighted by Gasteiger charge is -2.12. The van der Waals surface area contributed by atoms with Gasteiger partial charge in [-0.25, -0.2) is 43.7 Å². The van der Waals surface area contributed by atoms with Crippen LogP contribution in [-0.2, 0) is 89.9 Å². The van der Waals surface area contributed by atoms with Crippen LogP contribution >= 0.6 is 0 Å². The number of aromatic nitrogens is 6. The minimum atomic E-state index is -1.28. The molecule has 8 aromatic rings. The van der Waals surface area contributed by atoms with Crippen LogP contribution in [0.5, 0.6) is 17.2 Å². The number of amidine groups is 1. The van der Waals surface area contributed by atoms with Crippen molar-refractivity contribution in [3.05, 3.63) is 245 Å². The second-order valence-electron chi connectivity index (χ2n) is 19.5. The average Bonchev–Trinajstić information content (AvgIpc) is 0.946. The Balaban J connectivity index is 0.000000313. The lowest BCUT2D eigenvalue weighted by molar-refractivity contribution is -0.167. The van der Waals surface area contributed by atoms with Crippen LogP contribution in [0.15, 0.2) is 166 Å². The number of carboxylic acid groups (broad SMARTS) is 1. The highest BCUT2D eigenvalue weighted by atomic mass is 16.6. The van der Waals surface area contributed by atoms with Gasteiger partial charge in [0.15, 0.2) is 17.1 Å². The maximum atomic E-state index is 12.3. The molecule has 510 valence electrons. The summed E-state index contributed by atoms with van der Waals surface area (Å²) < 4.78 is 47.9. The highest BCUT2D eigenvalue weighted by molar-refractivity contribution is 6.29. The quantitative estimate of drug-likeness (QED) is 0.0164. The third kappa shape index (κ3) is 28.5. The van der Waals surface area contributed by atoms with Gasteiger partial charge in [-0.3, -0.25) is 28.9 Å². The number of aryl methyl sites for hydroxylation is 3. The molecular weight excluding hydrogens is 1240 g/mol. The molecule has 0 unspecified atom stereocenters. The zero-order valence-electron chi connectivity index (χ0n) is 55.1. The molecule has 5 aromatic carbocycles. The molecule has 0 spiro atoms. The summed E-state index contributed by atoms with van der Waals surface area (Å²) in [7, 11) is 3.10. The molecule has 0 aliphatic carbocycles. The number of aromatic carboxylic acids is 1. The van der Waals surface area contributed by atoms with Crippen LogP contribution in [0.25, 0.3) is 0 Å². The summed E-state index contributed by atoms with van der Waals surface area (Å²) in [5.74, 6) is -4.04. The Labute approximate surface area is 554 Å². The largest absolute Gasteiger partial charge is 0.481 e. The molecule has 5 N–H and O–H groups in total. The first-order chi connectivity index (χ1) is 46.0. The zero-order chi connectivity index (χ0) is 71.0. The van der Waals surface area contributed by atoms with Crippen molar-refractivity contribution in [1.82, 2.24) is 29.1 Å². The Morgan fingerprint density at radius 1 is 0.469 bits per heavy atom. The van der Waals surface area contributed by atoms with Crippen LogP contribution in [0.3, 0.4) is 0 Å². The maximum Gasteiger partial charge on any atom is 0.417 e. The van der Waals surface area contributed by atoms with Gasteiger partial charge in [0, 0.05) is 14.1 Å². The molecule has 96 heavy (non-hydrogen) atoms. The minimum Gasteiger partial charge on any atom is -0.481 e. The fourth-order valence-electron chi connectivity index (χ4n) is 7.34. The molecule has 27 nitrogen and oxygen atoms in total. The summed E-state index contributed by atoms with van der Waals surface area (Å²) in [6.07, 6.45) is 0. The lowest BCUT2D eigenvalue weighted by Crippen LogP contribution is -2.27. The van der Waals surface area contributed by atoms with Gasteiger partial charge < -0.3 is 58.5 Å². The van der Waals surface area contributed by atoms with Crippen molar-refractivity contribution in [3.8, 4) is 17.2 Å². The van der Waals surface area contributed by atoms with Gasteiger partial charge in [0.2, 0.25) is 17.2 Å². The van der Waals surface area contributed by atoms with Crippen molar-refractivity contribution in [2.75, 3.05) is 33.0 Å². The molecule has 0 aliphatic rings. The molecule has 3 heterocycles. The van der Waals surface area contributed by atoms with Crippen molar-refractivity contribution in [3.63, 3.8) is 0 Å². The van der Waals surface area contributed by atoms with E-state index in [1.807, 2.05) is 152 Å². The number of hydrogen-bond acceptors (Lipinski definition) is 22. The number of benzene rings is 5. The molecule has 0 saturated heterocycles. The number of H-pyrrole nitrogens is 1.